The Morgan fingerprint density at radius 2 is 1.73 bits per heavy atom. The van der Waals surface area contributed by atoms with Crippen LogP contribution in [-0.4, -0.2) is 23.5 Å². The average Bonchev–Trinajstić information content (AvgIpc) is 2.52. The molecule has 1 amide bonds. The second kappa shape index (κ2) is 8.91. The molecule has 1 N–H and O–H groups in total. The van der Waals surface area contributed by atoms with Crippen molar-refractivity contribution in [1.82, 2.24) is 5.32 Å². The molecule has 0 aliphatic carbocycles. The minimum atomic E-state index is 0.0115. The monoisotopic (exact) mass is 331 g/mol. The SMILES string of the molecule is CC(C)Sc1ccccc1C(=O)NCCSc1ccccc1. The highest BCUT2D eigenvalue weighted by atomic mass is 32.2. The summed E-state index contributed by atoms with van der Waals surface area (Å²) in [6.07, 6.45) is 0. The van der Waals surface area contributed by atoms with Crippen molar-refractivity contribution in [2.24, 2.45) is 0 Å². The van der Waals surface area contributed by atoms with E-state index in [2.05, 4.69) is 31.3 Å². The molecule has 0 aliphatic heterocycles. The highest BCUT2D eigenvalue weighted by molar-refractivity contribution is 8.00. The summed E-state index contributed by atoms with van der Waals surface area (Å²) in [4.78, 5) is 14.6. The van der Waals surface area contributed by atoms with E-state index in [0.29, 0.717) is 11.8 Å². The second-order valence-corrected chi connectivity index (χ2v) is 7.87. The minimum Gasteiger partial charge on any atom is -0.351 e. The molecule has 0 saturated carbocycles. The predicted molar refractivity (Wildman–Crippen MR) is 96.9 cm³/mol. The van der Waals surface area contributed by atoms with Gasteiger partial charge in [0, 0.05) is 27.3 Å². The molecule has 0 aliphatic rings. The van der Waals surface area contributed by atoms with Crippen LogP contribution in [0.4, 0.5) is 0 Å². The third-order valence-corrected chi connectivity index (χ3v) is 4.99. The smallest absolute Gasteiger partial charge is 0.252 e. The third kappa shape index (κ3) is 5.43. The van der Waals surface area contributed by atoms with Crippen molar-refractivity contribution in [1.29, 1.82) is 0 Å². The molecule has 22 heavy (non-hydrogen) atoms. The van der Waals surface area contributed by atoms with Crippen molar-refractivity contribution >= 4 is 29.4 Å². The van der Waals surface area contributed by atoms with Gasteiger partial charge >= 0.3 is 0 Å². The molecule has 0 unspecified atom stereocenters. The molecule has 0 saturated heterocycles. The normalized spacial score (nSPS) is 10.7. The summed E-state index contributed by atoms with van der Waals surface area (Å²) in [6.45, 7) is 4.94. The van der Waals surface area contributed by atoms with Gasteiger partial charge in [0.1, 0.15) is 0 Å². The molecular weight excluding hydrogens is 310 g/mol. The van der Waals surface area contributed by atoms with E-state index < -0.39 is 0 Å². The zero-order valence-corrected chi connectivity index (χ0v) is 14.5. The minimum absolute atomic E-state index is 0.0115. The summed E-state index contributed by atoms with van der Waals surface area (Å²) in [6, 6.07) is 18.0. The Morgan fingerprint density at radius 1 is 1.05 bits per heavy atom. The first-order valence-corrected chi connectivity index (χ1v) is 9.25. The fraction of sp³-hybridized carbons (Fsp3) is 0.278. The lowest BCUT2D eigenvalue weighted by Crippen LogP contribution is -2.26. The van der Waals surface area contributed by atoms with Gasteiger partial charge in [-0.15, -0.1) is 23.5 Å². The summed E-state index contributed by atoms with van der Waals surface area (Å²) in [5.74, 6) is 0.882. The molecule has 0 atom stereocenters. The summed E-state index contributed by atoms with van der Waals surface area (Å²) in [5.41, 5.74) is 0.769. The van der Waals surface area contributed by atoms with Crippen molar-refractivity contribution in [3.63, 3.8) is 0 Å². The largest absolute Gasteiger partial charge is 0.351 e. The van der Waals surface area contributed by atoms with Crippen LogP contribution in [-0.2, 0) is 0 Å². The van der Waals surface area contributed by atoms with Crippen molar-refractivity contribution in [2.75, 3.05) is 12.3 Å². The van der Waals surface area contributed by atoms with Crippen LogP contribution in [0.3, 0.4) is 0 Å². The van der Waals surface area contributed by atoms with Crippen LogP contribution in [0.15, 0.2) is 64.4 Å². The molecule has 0 fully saturated rings. The number of carbonyl (C=O) groups is 1. The number of nitrogens with one attached hydrogen (secondary N) is 1. The maximum Gasteiger partial charge on any atom is 0.252 e. The molecule has 0 radical (unpaired) electrons. The molecule has 2 nitrogen and oxygen atoms in total. The van der Waals surface area contributed by atoms with Gasteiger partial charge in [-0.1, -0.05) is 44.2 Å². The summed E-state index contributed by atoms with van der Waals surface area (Å²) in [7, 11) is 0. The zero-order chi connectivity index (χ0) is 15.8. The van der Waals surface area contributed by atoms with Crippen molar-refractivity contribution in [3.8, 4) is 0 Å². The zero-order valence-electron chi connectivity index (χ0n) is 12.9. The van der Waals surface area contributed by atoms with E-state index in [9.17, 15) is 4.79 Å². The number of hydrogen-bond donors (Lipinski definition) is 1. The molecule has 116 valence electrons. The van der Waals surface area contributed by atoms with E-state index in [1.54, 1.807) is 23.5 Å². The predicted octanol–water partition coefficient (Wildman–Crippen LogP) is 4.71. The van der Waals surface area contributed by atoms with Crippen LogP contribution < -0.4 is 5.32 Å². The van der Waals surface area contributed by atoms with E-state index in [-0.39, 0.29) is 5.91 Å². The molecule has 0 spiro atoms. The van der Waals surface area contributed by atoms with Gasteiger partial charge in [-0.05, 0) is 24.3 Å². The molecule has 2 aromatic carbocycles. The van der Waals surface area contributed by atoms with Gasteiger partial charge in [-0.25, -0.2) is 0 Å². The standard InChI is InChI=1S/C18H21NOS2/c1-14(2)22-17-11-7-6-10-16(17)18(20)19-12-13-21-15-8-4-3-5-9-15/h3-11,14H,12-13H2,1-2H3,(H,19,20). The van der Waals surface area contributed by atoms with E-state index in [1.807, 2.05) is 42.5 Å². The van der Waals surface area contributed by atoms with Gasteiger partial charge in [0.2, 0.25) is 0 Å². The topological polar surface area (TPSA) is 29.1 Å². The van der Waals surface area contributed by atoms with E-state index in [4.69, 9.17) is 0 Å². The lowest BCUT2D eigenvalue weighted by molar-refractivity contribution is 0.0953. The number of amides is 1. The molecule has 4 heteroatoms. The number of hydrogen-bond acceptors (Lipinski definition) is 3. The van der Waals surface area contributed by atoms with Crippen LogP contribution >= 0.6 is 23.5 Å². The van der Waals surface area contributed by atoms with E-state index in [0.717, 1.165) is 16.2 Å². The Hall–Kier alpha value is -1.39. The molecule has 0 aromatic heterocycles. The van der Waals surface area contributed by atoms with Crippen LogP contribution in [0.2, 0.25) is 0 Å². The average molecular weight is 332 g/mol. The molecule has 2 rings (SSSR count). The summed E-state index contributed by atoms with van der Waals surface area (Å²) >= 11 is 3.48. The van der Waals surface area contributed by atoms with Gasteiger partial charge < -0.3 is 5.32 Å². The van der Waals surface area contributed by atoms with Crippen molar-refractivity contribution < 1.29 is 4.79 Å². The quantitative estimate of drug-likeness (QED) is 0.588. The second-order valence-electron chi connectivity index (χ2n) is 5.08. The first-order chi connectivity index (χ1) is 10.7. The fourth-order valence-electron chi connectivity index (χ4n) is 1.96. The highest BCUT2D eigenvalue weighted by Crippen LogP contribution is 2.26. The lowest BCUT2D eigenvalue weighted by atomic mass is 10.2. The Labute approximate surface area is 141 Å². The number of carbonyl (C=O) groups excluding carboxylic acids is 1. The van der Waals surface area contributed by atoms with Crippen LogP contribution in [0.25, 0.3) is 0 Å². The van der Waals surface area contributed by atoms with Gasteiger partial charge in [-0.2, -0.15) is 0 Å². The van der Waals surface area contributed by atoms with E-state index >= 15 is 0 Å². The Balaban J connectivity index is 1.85. The van der Waals surface area contributed by atoms with Crippen molar-refractivity contribution in [3.05, 3.63) is 60.2 Å². The number of thioether (sulfide) groups is 2. The lowest BCUT2D eigenvalue weighted by Gasteiger charge is -2.11. The first-order valence-electron chi connectivity index (χ1n) is 7.38. The Kier molecular flexibility index (Phi) is 6.87. The summed E-state index contributed by atoms with van der Waals surface area (Å²) < 4.78 is 0. The van der Waals surface area contributed by atoms with E-state index in [1.165, 1.54) is 4.90 Å². The first kappa shape index (κ1) is 17.0. The van der Waals surface area contributed by atoms with Gasteiger partial charge in [0.05, 0.1) is 5.56 Å². The number of benzene rings is 2. The fourth-order valence-corrected chi connectivity index (χ4v) is 3.70. The van der Waals surface area contributed by atoms with Gasteiger partial charge in [0.25, 0.3) is 5.91 Å². The number of rotatable bonds is 7. The highest BCUT2D eigenvalue weighted by Gasteiger charge is 2.11. The molecular formula is C18H21NOS2. The Bertz CT molecular complexity index is 599. The van der Waals surface area contributed by atoms with Crippen LogP contribution in [0.1, 0.15) is 24.2 Å². The third-order valence-electron chi connectivity index (χ3n) is 2.89. The Morgan fingerprint density at radius 3 is 2.45 bits per heavy atom. The molecule has 0 heterocycles. The van der Waals surface area contributed by atoms with Crippen molar-refractivity contribution in [2.45, 2.75) is 28.9 Å². The van der Waals surface area contributed by atoms with Crippen LogP contribution in [0.5, 0.6) is 0 Å². The van der Waals surface area contributed by atoms with Gasteiger partial charge in [-0.3, -0.25) is 4.79 Å². The van der Waals surface area contributed by atoms with Crippen LogP contribution in [0, 0.1) is 0 Å². The van der Waals surface area contributed by atoms with Gasteiger partial charge in [0.15, 0.2) is 0 Å². The summed E-state index contributed by atoms with van der Waals surface area (Å²) in [5, 5.41) is 3.47. The maximum atomic E-state index is 12.3. The maximum absolute atomic E-state index is 12.3. The molecule has 0 bridgehead atoms. The molecule has 2 aromatic rings.